The van der Waals surface area contributed by atoms with E-state index in [0.29, 0.717) is 5.92 Å². The van der Waals surface area contributed by atoms with E-state index in [1.54, 1.807) is 0 Å². The van der Waals surface area contributed by atoms with Gasteiger partial charge >= 0.3 is 38.5 Å². The van der Waals surface area contributed by atoms with Crippen molar-refractivity contribution in [2.45, 2.75) is 66.9 Å². The molecule has 0 bridgehead atoms. The Morgan fingerprint density at radius 1 is 1.12 bits per heavy atom. The van der Waals surface area contributed by atoms with E-state index in [9.17, 15) is 0 Å². The second-order valence-electron chi connectivity index (χ2n) is 7.25. The summed E-state index contributed by atoms with van der Waals surface area (Å²) in [5, 5.41) is 1.49. The Bertz CT molecular complexity index is 520. The molecule has 1 unspecified atom stereocenters. The summed E-state index contributed by atoms with van der Waals surface area (Å²) in [5.41, 5.74) is 4.25. The van der Waals surface area contributed by atoms with E-state index in [2.05, 4.69) is 104 Å². The standard InChI is InChI=1S/C9H13.C8H13Si.C2H6Si.2ClH.Ti/c1-6-5-7(2)9(4)8(6)3;1-9(2,3)8-6-4-5-7-8;1-3-2;;;/h6H,1-4H3;4,6H,5H2,1-3H3;1-2H3;2*1H;/q2*-1;;;;+2/p-2. The number of hydrogen-bond acceptors (Lipinski definition) is 0. The zero-order valence-electron chi connectivity index (χ0n) is 16.7. The first-order valence-corrected chi connectivity index (χ1v) is 16.4. The summed E-state index contributed by atoms with van der Waals surface area (Å²) < 4.78 is 0. The number of rotatable bonds is 1. The third-order valence-electron chi connectivity index (χ3n) is 3.74. The van der Waals surface area contributed by atoms with E-state index >= 15 is 0 Å². The van der Waals surface area contributed by atoms with Crippen molar-refractivity contribution in [2.24, 2.45) is 5.92 Å². The molecule has 1 atom stereocenters. The molecule has 0 heterocycles. The van der Waals surface area contributed by atoms with Crippen LogP contribution in [0.3, 0.4) is 0 Å². The van der Waals surface area contributed by atoms with E-state index in [1.165, 1.54) is 21.9 Å². The second kappa shape index (κ2) is 13.8. The third kappa shape index (κ3) is 12.1. The van der Waals surface area contributed by atoms with Gasteiger partial charge in [-0.25, -0.2) is 16.8 Å². The van der Waals surface area contributed by atoms with Crippen LogP contribution in [0.25, 0.3) is 0 Å². The molecule has 2 aliphatic rings. The van der Waals surface area contributed by atoms with Gasteiger partial charge in [0.25, 0.3) is 0 Å². The fourth-order valence-corrected chi connectivity index (χ4v) is 3.33. The molecule has 0 aromatic carbocycles. The molecule has 5 heteroatoms. The Morgan fingerprint density at radius 3 is 1.71 bits per heavy atom. The molecule has 2 rings (SSSR count). The summed E-state index contributed by atoms with van der Waals surface area (Å²) in [6.07, 6.45) is 12.3. The van der Waals surface area contributed by atoms with Gasteiger partial charge in [0.2, 0.25) is 0 Å². The Morgan fingerprint density at radius 2 is 1.58 bits per heavy atom. The smallest absolute Gasteiger partial charge is 1.00 e. The maximum Gasteiger partial charge on any atom is -1.00 e. The minimum Gasteiger partial charge on any atom is -1.00 e. The van der Waals surface area contributed by atoms with E-state index in [1.807, 2.05) is 0 Å². The van der Waals surface area contributed by atoms with Crippen LogP contribution in [0, 0.1) is 18.1 Å². The largest absolute Gasteiger partial charge is 1.00 e. The van der Waals surface area contributed by atoms with Crippen molar-refractivity contribution in [3.8, 4) is 0 Å². The van der Waals surface area contributed by atoms with Gasteiger partial charge in [-0.15, -0.1) is 13.3 Å². The van der Waals surface area contributed by atoms with Crippen molar-refractivity contribution in [1.29, 1.82) is 0 Å². The normalized spacial score (nSPS) is 18.2. The van der Waals surface area contributed by atoms with Crippen molar-refractivity contribution in [3.63, 3.8) is 0 Å². The average molecular weight is 435 g/mol. The summed E-state index contributed by atoms with van der Waals surface area (Å²) in [5.74, 6) is 0.560. The molecule has 0 radical (unpaired) electrons. The molecule has 24 heavy (non-hydrogen) atoms. The molecule has 0 saturated carbocycles. The minimum atomic E-state index is -1.01. The summed E-state index contributed by atoms with van der Waals surface area (Å²) >= 11 is 2.27. The number of allylic oxidation sites excluding steroid dienone is 8. The van der Waals surface area contributed by atoms with Gasteiger partial charge in [0.1, 0.15) is 0 Å². The van der Waals surface area contributed by atoms with Gasteiger partial charge in [-0.1, -0.05) is 46.3 Å². The summed E-state index contributed by atoms with van der Waals surface area (Å²) in [7, 11) is -1.01. The molecule has 0 amide bonds. The zero-order valence-corrected chi connectivity index (χ0v) is 21.8. The van der Waals surface area contributed by atoms with Crippen molar-refractivity contribution in [3.05, 3.63) is 46.2 Å². The predicted octanol–water partition coefficient (Wildman–Crippen LogP) is 0.0676. The van der Waals surface area contributed by atoms with Gasteiger partial charge in [0, 0.05) is 8.07 Å². The first kappa shape index (κ1) is 29.5. The molecule has 0 aromatic heterocycles. The zero-order chi connectivity index (χ0) is 17.5. The van der Waals surface area contributed by atoms with Gasteiger partial charge in [0.05, 0.1) is 0 Å². The maximum atomic E-state index is 3.36. The van der Waals surface area contributed by atoms with Crippen LogP contribution in [0.1, 0.15) is 34.1 Å². The Labute approximate surface area is 176 Å². The van der Waals surface area contributed by atoms with Crippen molar-refractivity contribution >= 4 is 14.3 Å². The van der Waals surface area contributed by atoms with Crippen molar-refractivity contribution < 1.29 is 44.0 Å². The minimum absolute atomic E-state index is 0. The number of hydrogen-bond donors (Lipinski definition) is 0. The molecule has 0 N–H and O–H groups in total. The van der Waals surface area contributed by atoms with Crippen molar-refractivity contribution in [1.82, 2.24) is 0 Å². The van der Waals surface area contributed by atoms with Crippen LogP contribution in [0.4, 0.5) is 0 Å². The summed E-state index contributed by atoms with van der Waals surface area (Å²) in [6.45, 7) is 20.3. The number of halogens is 2. The molecule has 136 valence electrons. The van der Waals surface area contributed by atoms with E-state index in [-0.39, 0.29) is 31.0 Å². The Kier molecular flexibility index (Phi) is 17.0. The quantitative estimate of drug-likeness (QED) is 0.404. The van der Waals surface area contributed by atoms with Gasteiger partial charge in [-0.3, -0.25) is 12.2 Å². The fourth-order valence-electron chi connectivity index (χ4n) is 2.08. The Hall–Kier alpha value is 0.688. The first-order valence-electron chi connectivity index (χ1n) is 8.04. The Balaban J connectivity index is -0.000000283. The van der Waals surface area contributed by atoms with E-state index < -0.39 is 8.07 Å². The molecule has 0 fully saturated rings. The van der Waals surface area contributed by atoms with Crippen LogP contribution in [0.2, 0.25) is 32.7 Å². The van der Waals surface area contributed by atoms with Crippen LogP contribution in [-0.4, -0.2) is 14.3 Å². The summed E-state index contributed by atoms with van der Waals surface area (Å²) in [4.78, 5) is 0. The van der Waals surface area contributed by atoms with Gasteiger partial charge in [-0.05, 0) is 0 Å². The molecule has 2 aliphatic carbocycles. The molecular weight excluding hydrogens is 403 g/mol. The van der Waals surface area contributed by atoms with E-state index in [0.717, 1.165) is 6.42 Å². The molecule has 0 spiro atoms. The van der Waals surface area contributed by atoms with Crippen LogP contribution < -0.4 is 24.8 Å². The SMILES string of the molecule is CC1=[C-]C(C)C(C)=C1C.C[Si](C)(C)C1=[C-]CC=C1.C[Si](C)=[Ti+2].[Cl-].[Cl-]. The van der Waals surface area contributed by atoms with Crippen molar-refractivity contribution in [2.75, 3.05) is 0 Å². The van der Waals surface area contributed by atoms with Crippen LogP contribution >= 0.6 is 0 Å². The van der Waals surface area contributed by atoms with Gasteiger partial charge in [-0.2, -0.15) is 17.2 Å². The fraction of sp³-hybridized carbons (Fsp3) is 0.579. The third-order valence-corrected chi connectivity index (χ3v) is 5.70. The molecule has 0 aliphatic heterocycles. The van der Waals surface area contributed by atoms with Crippen LogP contribution in [-0.2, 0) is 19.2 Å². The second-order valence-corrected chi connectivity index (χ2v) is 19.0. The van der Waals surface area contributed by atoms with Gasteiger partial charge < -0.3 is 24.8 Å². The average Bonchev–Trinajstić information content (AvgIpc) is 2.96. The van der Waals surface area contributed by atoms with E-state index in [4.69, 9.17) is 0 Å². The maximum absolute atomic E-state index is 3.36. The molecule has 0 aromatic rings. The van der Waals surface area contributed by atoms with Gasteiger partial charge in [0.15, 0.2) is 0 Å². The van der Waals surface area contributed by atoms with Crippen LogP contribution in [0.15, 0.2) is 34.1 Å². The van der Waals surface area contributed by atoms with Crippen LogP contribution in [0.5, 0.6) is 0 Å². The topological polar surface area (TPSA) is 0 Å². The monoisotopic (exact) mass is 434 g/mol. The summed E-state index contributed by atoms with van der Waals surface area (Å²) in [6, 6.07) is 0. The first-order chi connectivity index (χ1) is 9.96. The predicted molar refractivity (Wildman–Crippen MR) is 101 cm³/mol. The molecular formula is C19H32Cl2Si2Ti-2. The molecule has 0 nitrogen and oxygen atoms in total. The molecule has 0 saturated heterocycles.